The van der Waals surface area contributed by atoms with E-state index in [1.54, 1.807) is 6.92 Å². The van der Waals surface area contributed by atoms with E-state index < -0.39 is 0 Å². The second-order valence-electron chi connectivity index (χ2n) is 6.32. The molecular formula is C20H23BrN2O2. The molecule has 25 heavy (non-hydrogen) atoms. The Morgan fingerprint density at radius 2 is 1.88 bits per heavy atom. The van der Waals surface area contributed by atoms with E-state index in [4.69, 9.17) is 0 Å². The molecule has 1 aromatic heterocycles. The van der Waals surface area contributed by atoms with E-state index in [-0.39, 0.29) is 34.7 Å². The van der Waals surface area contributed by atoms with E-state index in [0.717, 1.165) is 36.9 Å². The minimum absolute atomic E-state index is 0. The maximum atomic E-state index is 12.4. The fourth-order valence-electron chi connectivity index (χ4n) is 3.37. The van der Waals surface area contributed by atoms with Crippen molar-refractivity contribution in [2.75, 3.05) is 6.54 Å². The van der Waals surface area contributed by atoms with Gasteiger partial charge in [-0.25, -0.2) is 0 Å². The minimum Gasteiger partial charge on any atom is -1.00 e. The molecule has 1 aliphatic heterocycles. The van der Waals surface area contributed by atoms with Crippen LogP contribution in [0.4, 0.5) is 0 Å². The fourth-order valence-corrected chi connectivity index (χ4v) is 3.37. The highest BCUT2D eigenvalue weighted by Crippen LogP contribution is 2.30. The summed E-state index contributed by atoms with van der Waals surface area (Å²) in [6, 6.07) is 13.5. The maximum Gasteiger partial charge on any atom is 0.227 e. The third kappa shape index (κ3) is 4.75. The molecule has 0 saturated carbocycles. The van der Waals surface area contributed by atoms with Crippen LogP contribution in [0.15, 0.2) is 54.9 Å². The number of amides is 1. The zero-order chi connectivity index (χ0) is 16.9. The predicted octanol–water partition coefficient (Wildman–Crippen LogP) is -0.0655. The summed E-state index contributed by atoms with van der Waals surface area (Å²) in [5.74, 6) is 0.209. The van der Waals surface area contributed by atoms with E-state index in [2.05, 4.69) is 6.07 Å². The van der Waals surface area contributed by atoms with Crippen LogP contribution in [0.25, 0.3) is 0 Å². The summed E-state index contributed by atoms with van der Waals surface area (Å²) >= 11 is 0. The topological polar surface area (TPSA) is 41.3 Å². The lowest BCUT2D eigenvalue weighted by atomic mass is 9.96. The van der Waals surface area contributed by atoms with Gasteiger partial charge >= 0.3 is 0 Å². The number of aromatic nitrogens is 1. The zero-order valence-electron chi connectivity index (χ0n) is 14.4. The van der Waals surface area contributed by atoms with Gasteiger partial charge in [0, 0.05) is 30.7 Å². The molecule has 1 amide bonds. The minimum atomic E-state index is 0. The lowest BCUT2D eigenvalue weighted by Gasteiger charge is -2.34. The van der Waals surface area contributed by atoms with Gasteiger partial charge in [-0.05, 0) is 25.3 Å². The molecule has 1 aromatic carbocycles. The van der Waals surface area contributed by atoms with Crippen molar-refractivity contribution in [1.29, 1.82) is 0 Å². The number of hydrogen-bond acceptors (Lipinski definition) is 2. The summed E-state index contributed by atoms with van der Waals surface area (Å²) in [6.07, 6.45) is 7.09. The largest absolute Gasteiger partial charge is 1.00 e. The van der Waals surface area contributed by atoms with Crippen molar-refractivity contribution >= 4 is 11.7 Å². The summed E-state index contributed by atoms with van der Waals surface area (Å²) in [4.78, 5) is 26.2. The van der Waals surface area contributed by atoms with Crippen molar-refractivity contribution in [3.63, 3.8) is 0 Å². The van der Waals surface area contributed by atoms with Gasteiger partial charge in [0.25, 0.3) is 0 Å². The monoisotopic (exact) mass is 402 g/mol. The number of ketones is 1. The maximum absolute atomic E-state index is 12.4. The second-order valence-corrected chi connectivity index (χ2v) is 6.32. The second kappa shape index (κ2) is 8.90. The van der Waals surface area contributed by atoms with E-state index in [1.165, 1.54) is 0 Å². The van der Waals surface area contributed by atoms with Gasteiger partial charge < -0.3 is 21.9 Å². The lowest BCUT2D eigenvalue weighted by molar-refractivity contribution is -0.683. The Morgan fingerprint density at radius 1 is 1.12 bits per heavy atom. The van der Waals surface area contributed by atoms with Gasteiger partial charge in [-0.3, -0.25) is 9.59 Å². The smallest absolute Gasteiger partial charge is 0.227 e. The van der Waals surface area contributed by atoms with E-state index >= 15 is 0 Å². The molecule has 1 unspecified atom stereocenters. The van der Waals surface area contributed by atoms with Crippen LogP contribution in [0.3, 0.4) is 0 Å². The third-order valence-electron chi connectivity index (χ3n) is 4.60. The molecule has 1 saturated heterocycles. The quantitative estimate of drug-likeness (QED) is 0.530. The number of halogens is 1. The average molecular weight is 403 g/mol. The Bertz CT molecular complexity index is 733. The number of carbonyl (C=O) groups is 2. The van der Waals surface area contributed by atoms with Crippen LogP contribution in [-0.4, -0.2) is 23.1 Å². The highest BCUT2D eigenvalue weighted by Gasteiger charge is 2.27. The van der Waals surface area contributed by atoms with Gasteiger partial charge in [0.05, 0.1) is 6.04 Å². The van der Waals surface area contributed by atoms with Crippen molar-refractivity contribution < 1.29 is 31.1 Å². The molecule has 1 atom stereocenters. The summed E-state index contributed by atoms with van der Waals surface area (Å²) in [5, 5.41) is 0. The van der Waals surface area contributed by atoms with Crippen LogP contribution < -0.4 is 21.5 Å². The molecule has 1 aliphatic rings. The zero-order valence-corrected chi connectivity index (χ0v) is 16.0. The normalized spacial score (nSPS) is 16.8. The molecule has 0 N–H and O–H groups in total. The number of carbonyl (C=O) groups excluding carboxylic acids is 2. The number of likely N-dealkylation sites (tertiary alicyclic amines) is 1. The number of Topliss-reactive ketones (excluding diaryl/α,β-unsaturated/α-hetero) is 1. The van der Waals surface area contributed by atoms with Crippen molar-refractivity contribution in [1.82, 2.24) is 4.90 Å². The number of hydrogen-bond donors (Lipinski definition) is 0. The van der Waals surface area contributed by atoms with Gasteiger partial charge in [-0.1, -0.05) is 30.3 Å². The van der Waals surface area contributed by atoms with Crippen LogP contribution in [0.2, 0.25) is 0 Å². The molecule has 3 rings (SSSR count). The van der Waals surface area contributed by atoms with Crippen LogP contribution >= 0.6 is 0 Å². The number of nitrogens with zero attached hydrogens (tertiary/aromatic N) is 2. The lowest BCUT2D eigenvalue weighted by Crippen LogP contribution is -3.00. The molecule has 2 aromatic rings. The molecule has 2 heterocycles. The Morgan fingerprint density at radius 3 is 2.60 bits per heavy atom. The third-order valence-corrected chi connectivity index (χ3v) is 4.60. The van der Waals surface area contributed by atoms with Crippen molar-refractivity contribution in [2.45, 2.75) is 38.8 Å². The molecule has 4 nitrogen and oxygen atoms in total. The van der Waals surface area contributed by atoms with Gasteiger partial charge in [0.15, 0.2) is 12.4 Å². The number of benzene rings is 1. The van der Waals surface area contributed by atoms with Crippen molar-refractivity contribution in [2.24, 2.45) is 0 Å². The highest BCUT2D eigenvalue weighted by molar-refractivity contribution is 5.94. The number of rotatable bonds is 4. The van der Waals surface area contributed by atoms with Crippen LogP contribution in [0.5, 0.6) is 0 Å². The Balaban J connectivity index is 0.00000225. The first kappa shape index (κ1) is 19.3. The van der Waals surface area contributed by atoms with Crippen molar-refractivity contribution in [3.8, 4) is 0 Å². The Kier molecular flexibility index (Phi) is 6.88. The molecule has 5 heteroatoms. The standard InChI is InChI=1S/C20H23N2O2.BrH/c1-16(23)22-13-6-5-11-19(22)18-10-7-12-21(14-18)15-20(24)17-8-3-2-4-9-17;/h2-4,7-10,12,14,19H,5-6,11,13,15H2,1H3;1H/q+1;/p-1. The van der Waals surface area contributed by atoms with Gasteiger partial charge in [-0.2, -0.15) is 4.57 Å². The van der Waals surface area contributed by atoms with Crippen LogP contribution in [-0.2, 0) is 11.3 Å². The Labute approximate surface area is 159 Å². The van der Waals surface area contributed by atoms with Crippen LogP contribution in [0.1, 0.15) is 48.1 Å². The molecule has 1 fully saturated rings. The molecule has 0 radical (unpaired) electrons. The number of piperidine rings is 1. The highest BCUT2D eigenvalue weighted by atomic mass is 79.9. The molecule has 0 bridgehead atoms. The summed E-state index contributed by atoms with van der Waals surface area (Å²) in [6.45, 7) is 2.76. The van der Waals surface area contributed by atoms with E-state index in [1.807, 2.05) is 58.3 Å². The fraction of sp³-hybridized carbons (Fsp3) is 0.350. The molecule has 132 valence electrons. The molecular weight excluding hydrogens is 380 g/mol. The van der Waals surface area contributed by atoms with Gasteiger partial charge in [-0.15, -0.1) is 0 Å². The first-order chi connectivity index (χ1) is 11.6. The van der Waals surface area contributed by atoms with Gasteiger partial charge in [0.2, 0.25) is 18.2 Å². The van der Waals surface area contributed by atoms with Crippen LogP contribution in [0, 0.1) is 0 Å². The summed E-state index contributed by atoms with van der Waals surface area (Å²) in [5.41, 5.74) is 1.83. The predicted molar refractivity (Wildman–Crippen MR) is 91.4 cm³/mol. The molecule has 0 spiro atoms. The summed E-state index contributed by atoms with van der Waals surface area (Å²) < 4.78 is 1.91. The number of pyridine rings is 1. The summed E-state index contributed by atoms with van der Waals surface area (Å²) in [7, 11) is 0. The molecule has 0 aliphatic carbocycles. The van der Waals surface area contributed by atoms with Crippen molar-refractivity contribution in [3.05, 3.63) is 66.0 Å². The van der Waals surface area contributed by atoms with E-state index in [9.17, 15) is 9.59 Å². The first-order valence-corrected chi connectivity index (χ1v) is 8.49. The Hall–Kier alpha value is -2.01. The first-order valence-electron chi connectivity index (χ1n) is 8.49. The SMILES string of the molecule is CC(=O)N1CCCCC1c1ccc[n+](CC(=O)c2ccccc2)c1.[Br-]. The van der Waals surface area contributed by atoms with E-state index in [0.29, 0.717) is 6.54 Å². The average Bonchev–Trinajstić information content (AvgIpc) is 2.62. The van der Waals surface area contributed by atoms with Gasteiger partial charge in [0.1, 0.15) is 0 Å².